The van der Waals surface area contributed by atoms with Crippen LogP contribution in [0, 0.1) is 0 Å². The molecule has 5 nitrogen and oxygen atoms in total. The molecule has 0 unspecified atom stereocenters. The number of rotatable bonds is 4. The normalized spacial score (nSPS) is 16.4. The fraction of sp³-hybridized carbons (Fsp3) is 0.333. The van der Waals surface area contributed by atoms with Gasteiger partial charge in [0.15, 0.2) is 23.0 Å². The van der Waals surface area contributed by atoms with Crippen LogP contribution in [-0.2, 0) is 6.42 Å². The first-order valence-corrected chi connectivity index (χ1v) is 8.43. The van der Waals surface area contributed by atoms with Crippen LogP contribution in [0.3, 0.4) is 0 Å². The highest BCUT2D eigenvalue weighted by Gasteiger charge is 2.26. The molecule has 2 N–H and O–H groups in total. The van der Waals surface area contributed by atoms with Crippen LogP contribution >= 0.6 is 15.9 Å². The molecule has 0 saturated heterocycles. The van der Waals surface area contributed by atoms with Crippen molar-refractivity contribution in [3.05, 3.63) is 45.4 Å². The Morgan fingerprint density at radius 1 is 0.958 bits per heavy atom. The van der Waals surface area contributed by atoms with Crippen LogP contribution in [0.15, 0.2) is 28.7 Å². The Morgan fingerprint density at radius 3 is 2.29 bits per heavy atom. The fourth-order valence-corrected chi connectivity index (χ4v) is 3.66. The fourth-order valence-electron chi connectivity index (χ4n) is 3.11. The molecule has 24 heavy (non-hydrogen) atoms. The first kappa shape index (κ1) is 16.9. The average molecular weight is 394 g/mol. The monoisotopic (exact) mass is 393 g/mol. The summed E-state index contributed by atoms with van der Waals surface area (Å²) >= 11 is 3.59. The lowest BCUT2D eigenvalue weighted by molar-refractivity contribution is 0.352. The molecular formula is C18H20BrNO4. The van der Waals surface area contributed by atoms with Gasteiger partial charge < -0.3 is 24.6 Å². The van der Waals surface area contributed by atoms with Crippen molar-refractivity contribution < 1.29 is 19.3 Å². The predicted octanol–water partition coefficient (Wildman–Crippen LogP) is 3.42. The second kappa shape index (κ2) is 6.91. The summed E-state index contributed by atoms with van der Waals surface area (Å²) in [4.78, 5) is 0. The van der Waals surface area contributed by atoms with Crippen LogP contribution < -0.4 is 19.5 Å². The van der Waals surface area contributed by atoms with Crippen LogP contribution in [0.4, 0.5) is 0 Å². The van der Waals surface area contributed by atoms with Crippen LogP contribution in [0.2, 0.25) is 0 Å². The van der Waals surface area contributed by atoms with Gasteiger partial charge in [-0.3, -0.25) is 0 Å². The molecule has 1 heterocycles. The van der Waals surface area contributed by atoms with Gasteiger partial charge in [-0.25, -0.2) is 0 Å². The average Bonchev–Trinajstić information content (AvgIpc) is 2.61. The third-order valence-corrected chi connectivity index (χ3v) is 5.00. The number of fused-ring (bicyclic) bond motifs is 1. The van der Waals surface area contributed by atoms with Crippen molar-refractivity contribution in [2.24, 2.45) is 0 Å². The minimum atomic E-state index is -0.0558. The van der Waals surface area contributed by atoms with E-state index in [2.05, 4.69) is 21.2 Å². The second-order valence-corrected chi connectivity index (χ2v) is 6.44. The summed E-state index contributed by atoms with van der Waals surface area (Å²) in [5, 5.41) is 13.7. The number of hydrogen-bond donors (Lipinski definition) is 2. The predicted molar refractivity (Wildman–Crippen MR) is 95.5 cm³/mol. The lowest BCUT2D eigenvalue weighted by atomic mass is 9.89. The van der Waals surface area contributed by atoms with E-state index in [0.717, 1.165) is 34.3 Å². The van der Waals surface area contributed by atoms with Crippen molar-refractivity contribution in [3.8, 4) is 23.0 Å². The summed E-state index contributed by atoms with van der Waals surface area (Å²) in [5.74, 6) is 1.98. The first-order chi connectivity index (χ1) is 11.6. The maximum atomic E-state index is 10.2. The minimum Gasteiger partial charge on any atom is -0.504 e. The molecule has 0 radical (unpaired) electrons. The molecule has 1 aliphatic rings. The lowest BCUT2D eigenvalue weighted by Crippen LogP contribution is -2.31. The summed E-state index contributed by atoms with van der Waals surface area (Å²) in [6.07, 6.45) is 0.909. The maximum Gasteiger partial charge on any atom is 0.161 e. The van der Waals surface area contributed by atoms with Crippen LogP contribution in [0.5, 0.6) is 23.0 Å². The van der Waals surface area contributed by atoms with E-state index in [4.69, 9.17) is 14.2 Å². The van der Waals surface area contributed by atoms with Crippen molar-refractivity contribution in [3.63, 3.8) is 0 Å². The van der Waals surface area contributed by atoms with E-state index in [0.29, 0.717) is 11.5 Å². The highest BCUT2D eigenvalue weighted by molar-refractivity contribution is 9.10. The molecule has 0 aromatic heterocycles. The Balaban J connectivity index is 2.11. The minimum absolute atomic E-state index is 0.0558. The highest BCUT2D eigenvalue weighted by Crippen LogP contribution is 2.42. The van der Waals surface area contributed by atoms with Gasteiger partial charge >= 0.3 is 0 Å². The van der Waals surface area contributed by atoms with Gasteiger partial charge in [-0.2, -0.15) is 0 Å². The van der Waals surface area contributed by atoms with Gasteiger partial charge in [-0.15, -0.1) is 0 Å². The van der Waals surface area contributed by atoms with Crippen molar-refractivity contribution in [2.45, 2.75) is 12.5 Å². The summed E-state index contributed by atoms with van der Waals surface area (Å²) in [5.41, 5.74) is 3.27. The Morgan fingerprint density at radius 2 is 1.62 bits per heavy atom. The number of methoxy groups -OCH3 is 3. The Bertz CT molecular complexity index is 763. The van der Waals surface area contributed by atoms with E-state index in [9.17, 15) is 5.11 Å². The molecule has 0 aliphatic carbocycles. The number of benzene rings is 2. The SMILES string of the molecule is COc1cc(Br)c([C@H]2NCCc3cc(OC)c(OC)cc32)cc1O. The van der Waals surface area contributed by atoms with E-state index in [1.54, 1.807) is 26.4 Å². The number of hydrogen-bond acceptors (Lipinski definition) is 5. The summed E-state index contributed by atoms with van der Waals surface area (Å²) < 4.78 is 16.9. The van der Waals surface area contributed by atoms with E-state index in [1.165, 1.54) is 12.7 Å². The molecule has 1 aliphatic heterocycles. The van der Waals surface area contributed by atoms with Crippen molar-refractivity contribution in [1.82, 2.24) is 5.32 Å². The summed E-state index contributed by atoms with van der Waals surface area (Å²) in [7, 11) is 4.80. The lowest BCUT2D eigenvalue weighted by Gasteiger charge is -2.29. The molecule has 0 spiro atoms. The molecule has 6 heteroatoms. The molecule has 2 aromatic carbocycles. The zero-order valence-corrected chi connectivity index (χ0v) is 15.4. The van der Waals surface area contributed by atoms with Crippen molar-refractivity contribution in [1.29, 1.82) is 0 Å². The number of aromatic hydroxyl groups is 1. The highest BCUT2D eigenvalue weighted by atomic mass is 79.9. The quantitative estimate of drug-likeness (QED) is 0.833. The van der Waals surface area contributed by atoms with Crippen LogP contribution in [-0.4, -0.2) is 33.0 Å². The van der Waals surface area contributed by atoms with Gasteiger partial charge in [-0.05, 0) is 47.4 Å². The van der Waals surface area contributed by atoms with Gasteiger partial charge in [0, 0.05) is 11.0 Å². The number of phenolic OH excluding ortho intramolecular Hbond substituents is 1. The molecule has 2 aromatic rings. The van der Waals surface area contributed by atoms with E-state index < -0.39 is 0 Å². The van der Waals surface area contributed by atoms with E-state index in [1.807, 2.05) is 12.1 Å². The van der Waals surface area contributed by atoms with Gasteiger partial charge in [0.05, 0.1) is 27.4 Å². The molecule has 1 atom stereocenters. The van der Waals surface area contributed by atoms with Crippen molar-refractivity contribution in [2.75, 3.05) is 27.9 Å². The zero-order valence-electron chi connectivity index (χ0n) is 13.9. The molecule has 0 amide bonds. The van der Waals surface area contributed by atoms with E-state index in [-0.39, 0.29) is 11.8 Å². The summed E-state index contributed by atoms with van der Waals surface area (Å²) in [6, 6.07) is 7.48. The number of nitrogens with one attached hydrogen (secondary N) is 1. The molecule has 3 rings (SSSR count). The number of ether oxygens (including phenoxy) is 3. The third-order valence-electron chi connectivity index (χ3n) is 4.31. The molecule has 0 fully saturated rings. The smallest absolute Gasteiger partial charge is 0.161 e. The topological polar surface area (TPSA) is 60.0 Å². The molecule has 0 saturated carbocycles. The summed E-state index contributed by atoms with van der Waals surface area (Å²) in [6.45, 7) is 0.840. The van der Waals surface area contributed by atoms with Gasteiger partial charge in [0.25, 0.3) is 0 Å². The standard InChI is InChI=1S/C18H20BrNO4/c1-22-15-9-13(19)12(7-14(15)21)18-11-8-17(24-3)16(23-2)6-10(11)4-5-20-18/h6-9,18,20-21H,4-5H2,1-3H3/t18-/m0/s1. The first-order valence-electron chi connectivity index (χ1n) is 7.63. The van der Waals surface area contributed by atoms with Gasteiger partial charge in [-0.1, -0.05) is 15.9 Å². The zero-order chi connectivity index (χ0) is 17.3. The van der Waals surface area contributed by atoms with Gasteiger partial charge in [0.1, 0.15) is 0 Å². The number of phenols is 1. The molecule has 0 bridgehead atoms. The van der Waals surface area contributed by atoms with Crippen LogP contribution in [0.25, 0.3) is 0 Å². The number of halogens is 1. The Labute approximate surface area is 149 Å². The molecular weight excluding hydrogens is 374 g/mol. The second-order valence-electron chi connectivity index (χ2n) is 5.59. The van der Waals surface area contributed by atoms with Crippen LogP contribution in [0.1, 0.15) is 22.7 Å². The Kier molecular flexibility index (Phi) is 4.87. The molecule has 128 valence electrons. The maximum absolute atomic E-state index is 10.2. The largest absolute Gasteiger partial charge is 0.504 e. The van der Waals surface area contributed by atoms with Gasteiger partial charge in [0.2, 0.25) is 0 Å². The third kappa shape index (κ3) is 2.91. The Hall–Kier alpha value is -1.92. The van der Waals surface area contributed by atoms with Crippen molar-refractivity contribution >= 4 is 15.9 Å². The van der Waals surface area contributed by atoms with E-state index >= 15 is 0 Å².